The van der Waals surface area contributed by atoms with Gasteiger partial charge in [0.25, 0.3) is 5.91 Å². The van der Waals surface area contributed by atoms with E-state index < -0.39 is 24.4 Å². The molecule has 2 aromatic carbocycles. The standard InChI is InChI=1S/C16H12Cl2N2O4/c17-10-3-6-12(13(18)7-10)16(23)24-8-14(21)20-11-4-1-9(2-5-11)15(19)22/h1-7H,8H2,(H2,19,22)(H,20,21). The van der Waals surface area contributed by atoms with Crippen LogP contribution in [0, 0.1) is 0 Å². The molecular formula is C16H12Cl2N2O4. The average molecular weight is 367 g/mol. The van der Waals surface area contributed by atoms with Crippen LogP contribution in [0.3, 0.4) is 0 Å². The van der Waals surface area contributed by atoms with Gasteiger partial charge in [-0.1, -0.05) is 23.2 Å². The molecule has 0 saturated heterocycles. The maximum absolute atomic E-state index is 11.9. The molecule has 0 bridgehead atoms. The lowest BCUT2D eigenvalue weighted by atomic mass is 10.2. The van der Waals surface area contributed by atoms with Crippen molar-refractivity contribution in [2.75, 3.05) is 11.9 Å². The van der Waals surface area contributed by atoms with Gasteiger partial charge in [0.15, 0.2) is 6.61 Å². The minimum absolute atomic E-state index is 0.111. The molecule has 6 nitrogen and oxygen atoms in total. The van der Waals surface area contributed by atoms with Crippen molar-refractivity contribution in [3.8, 4) is 0 Å². The van der Waals surface area contributed by atoms with Gasteiger partial charge in [-0.2, -0.15) is 0 Å². The van der Waals surface area contributed by atoms with Gasteiger partial charge in [0.1, 0.15) is 0 Å². The highest BCUT2D eigenvalue weighted by Gasteiger charge is 2.14. The lowest BCUT2D eigenvalue weighted by molar-refractivity contribution is -0.119. The summed E-state index contributed by atoms with van der Waals surface area (Å²) in [5.74, 6) is -1.85. The van der Waals surface area contributed by atoms with Crippen LogP contribution in [-0.2, 0) is 9.53 Å². The second kappa shape index (κ2) is 7.81. The third kappa shape index (κ3) is 4.71. The molecule has 3 N–H and O–H groups in total. The molecule has 0 atom stereocenters. The van der Waals surface area contributed by atoms with E-state index >= 15 is 0 Å². The first-order valence-corrected chi connectivity index (χ1v) is 7.44. The molecule has 0 aliphatic heterocycles. The summed E-state index contributed by atoms with van der Waals surface area (Å²) in [5, 5.41) is 3.03. The van der Waals surface area contributed by atoms with Crippen molar-refractivity contribution in [2.24, 2.45) is 5.73 Å². The van der Waals surface area contributed by atoms with E-state index in [4.69, 9.17) is 33.7 Å². The van der Waals surface area contributed by atoms with Crippen molar-refractivity contribution < 1.29 is 19.1 Å². The molecule has 2 rings (SSSR count). The van der Waals surface area contributed by atoms with Gasteiger partial charge < -0.3 is 15.8 Å². The maximum atomic E-state index is 11.9. The molecule has 0 fully saturated rings. The highest BCUT2D eigenvalue weighted by Crippen LogP contribution is 2.21. The molecule has 0 heterocycles. The van der Waals surface area contributed by atoms with Gasteiger partial charge in [-0.25, -0.2) is 4.79 Å². The summed E-state index contributed by atoms with van der Waals surface area (Å²) >= 11 is 11.6. The molecule has 0 aliphatic carbocycles. The zero-order valence-corrected chi connectivity index (χ0v) is 13.7. The zero-order valence-electron chi connectivity index (χ0n) is 12.2. The highest BCUT2D eigenvalue weighted by atomic mass is 35.5. The quantitative estimate of drug-likeness (QED) is 0.794. The largest absolute Gasteiger partial charge is 0.452 e. The Morgan fingerprint density at radius 2 is 1.71 bits per heavy atom. The molecule has 0 aliphatic rings. The van der Waals surface area contributed by atoms with E-state index in [0.717, 1.165) is 0 Å². The van der Waals surface area contributed by atoms with Gasteiger partial charge in [0.05, 0.1) is 10.6 Å². The van der Waals surface area contributed by atoms with Crippen LogP contribution in [0.25, 0.3) is 0 Å². The summed E-state index contributed by atoms with van der Waals surface area (Å²) in [7, 11) is 0. The molecule has 0 unspecified atom stereocenters. The van der Waals surface area contributed by atoms with Crippen molar-refractivity contribution in [3.63, 3.8) is 0 Å². The number of carbonyl (C=O) groups excluding carboxylic acids is 3. The third-order valence-corrected chi connectivity index (χ3v) is 3.49. The van der Waals surface area contributed by atoms with Crippen LogP contribution >= 0.6 is 23.2 Å². The third-order valence-electron chi connectivity index (χ3n) is 2.94. The molecule has 24 heavy (non-hydrogen) atoms. The number of amides is 2. The Balaban J connectivity index is 1.90. The highest BCUT2D eigenvalue weighted by molar-refractivity contribution is 6.36. The maximum Gasteiger partial charge on any atom is 0.340 e. The van der Waals surface area contributed by atoms with E-state index in [0.29, 0.717) is 16.3 Å². The van der Waals surface area contributed by atoms with Gasteiger partial charge in [0.2, 0.25) is 5.91 Å². The lowest BCUT2D eigenvalue weighted by Crippen LogP contribution is -2.21. The Labute approximate surface area is 147 Å². The normalized spacial score (nSPS) is 10.1. The fourth-order valence-corrected chi connectivity index (χ4v) is 2.26. The molecule has 124 valence electrons. The minimum atomic E-state index is -0.740. The number of rotatable bonds is 5. The summed E-state index contributed by atoms with van der Waals surface area (Å²) in [6.07, 6.45) is 0. The predicted molar refractivity (Wildman–Crippen MR) is 90.3 cm³/mol. The molecule has 0 radical (unpaired) electrons. The van der Waals surface area contributed by atoms with Crippen LogP contribution in [0.4, 0.5) is 5.69 Å². The Kier molecular flexibility index (Phi) is 5.78. The zero-order chi connectivity index (χ0) is 17.7. The van der Waals surface area contributed by atoms with Gasteiger partial charge in [0, 0.05) is 16.3 Å². The second-order valence-corrected chi connectivity index (χ2v) is 5.53. The number of halogens is 2. The van der Waals surface area contributed by atoms with Crippen molar-refractivity contribution in [2.45, 2.75) is 0 Å². The summed E-state index contributed by atoms with van der Waals surface area (Å²) in [6, 6.07) is 10.3. The summed E-state index contributed by atoms with van der Waals surface area (Å²) in [4.78, 5) is 34.6. The van der Waals surface area contributed by atoms with E-state index in [1.54, 1.807) is 0 Å². The minimum Gasteiger partial charge on any atom is -0.452 e. The average Bonchev–Trinajstić information content (AvgIpc) is 2.53. The van der Waals surface area contributed by atoms with Crippen LogP contribution in [0.5, 0.6) is 0 Å². The van der Waals surface area contributed by atoms with Gasteiger partial charge in [-0.3, -0.25) is 9.59 Å². The van der Waals surface area contributed by atoms with E-state index in [-0.39, 0.29) is 10.6 Å². The van der Waals surface area contributed by atoms with Gasteiger partial charge in [-0.15, -0.1) is 0 Å². The van der Waals surface area contributed by atoms with E-state index in [1.807, 2.05) is 0 Å². The van der Waals surface area contributed by atoms with Crippen molar-refractivity contribution >= 4 is 46.7 Å². The summed E-state index contributed by atoms with van der Waals surface area (Å²) in [5.41, 5.74) is 5.98. The van der Waals surface area contributed by atoms with E-state index in [1.165, 1.54) is 42.5 Å². The number of esters is 1. The molecular weight excluding hydrogens is 355 g/mol. The first-order chi connectivity index (χ1) is 11.4. The summed E-state index contributed by atoms with van der Waals surface area (Å²) in [6.45, 7) is -0.491. The molecule has 8 heteroatoms. The van der Waals surface area contributed by atoms with Crippen LogP contribution in [0.15, 0.2) is 42.5 Å². The number of hydrogen-bond acceptors (Lipinski definition) is 4. The molecule has 2 aromatic rings. The number of anilines is 1. The first kappa shape index (κ1) is 17.8. The van der Waals surface area contributed by atoms with Crippen LogP contribution < -0.4 is 11.1 Å². The van der Waals surface area contributed by atoms with E-state index in [9.17, 15) is 14.4 Å². The Morgan fingerprint density at radius 1 is 1.04 bits per heavy atom. The lowest BCUT2D eigenvalue weighted by Gasteiger charge is -2.08. The van der Waals surface area contributed by atoms with Crippen molar-refractivity contribution in [1.29, 1.82) is 0 Å². The fourth-order valence-electron chi connectivity index (χ4n) is 1.78. The number of primary amides is 1. The number of nitrogens with one attached hydrogen (secondary N) is 1. The number of nitrogens with two attached hydrogens (primary N) is 1. The Bertz CT molecular complexity index is 791. The van der Waals surface area contributed by atoms with Crippen LogP contribution in [-0.4, -0.2) is 24.4 Å². The molecule has 0 aromatic heterocycles. The number of hydrogen-bond donors (Lipinski definition) is 2. The van der Waals surface area contributed by atoms with Gasteiger partial charge >= 0.3 is 5.97 Å². The van der Waals surface area contributed by atoms with E-state index in [2.05, 4.69) is 5.32 Å². The molecule has 0 saturated carbocycles. The predicted octanol–water partition coefficient (Wildman–Crippen LogP) is 2.89. The smallest absolute Gasteiger partial charge is 0.340 e. The SMILES string of the molecule is NC(=O)c1ccc(NC(=O)COC(=O)c2ccc(Cl)cc2Cl)cc1. The van der Waals surface area contributed by atoms with Crippen molar-refractivity contribution in [1.82, 2.24) is 0 Å². The number of ether oxygens (including phenoxy) is 1. The molecule has 0 spiro atoms. The van der Waals surface area contributed by atoms with Gasteiger partial charge in [-0.05, 0) is 42.5 Å². The Morgan fingerprint density at radius 3 is 2.29 bits per heavy atom. The fraction of sp³-hybridized carbons (Fsp3) is 0.0625. The topological polar surface area (TPSA) is 98.5 Å². The monoisotopic (exact) mass is 366 g/mol. The second-order valence-electron chi connectivity index (χ2n) is 4.69. The summed E-state index contributed by atoms with van der Waals surface area (Å²) < 4.78 is 4.89. The number of benzene rings is 2. The van der Waals surface area contributed by atoms with Crippen LogP contribution in [0.1, 0.15) is 20.7 Å². The first-order valence-electron chi connectivity index (χ1n) is 6.68. The Hall–Kier alpha value is -2.57. The van der Waals surface area contributed by atoms with Crippen LogP contribution in [0.2, 0.25) is 10.0 Å². The van der Waals surface area contributed by atoms with Crippen molar-refractivity contribution in [3.05, 3.63) is 63.6 Å². The molecule has 2 amide bonds. The number of carbonyl (C=O) groups is 3.